The Morgan fingerprint density at radius 1 is 1.07 bits per heavy atom. The van der Waals surface area contributed by atoms with Crippen LogP contribution in [-0.2, 0) is 0 Å². The van der Waals surface area contributed by atoms with Crippen molar-refractivity contribution in [3.8, 4) is 11.5 Å². The van der Waals surface area contributed by atoms with Crippen LogP contribution in [0.4, 0.5) is 0 Å². The summed E-state index contributed by atoms with van der Waals surface area (Å²) in [6.45, 7) is 9.72. The molecule has 30 heavy (non-hydrogen) atoms. The zero-order valence-corrected chi connectivity index (χ0v) is 19.2. The number of amides is 1. The minimum atomic E-state index is -0.00486. The van der Waals surface area contributed by atoms with Gasteiger partial charge >= 0.3 is 0 Å². The highest BCUT2D eigenvalue weighted by Crippen LogP contribution is 2.38. The first-order valence-corrected chi connectivity index (χ1v) is 11.9. The maximum absolute atomic E-state index is 12.8. The Kier molecular flexibility index (Phi) is 8.23. The van der Waals surface area contributed by atoms with Crippen LogP contribution in [0.2, 0.25) is 0 Å². The molecular formula is C25H34N2O2S. The SMILES string of the molecule is CCSN1CCC(CNC(=O)c2ccc(Oc3ccccc3)cc2)(CC(C)C)CC1. The van der Waals surface area contributed by atoms with Crippen LogP contribution in [0, 0.1) is 11.3 Å². The largest absolute Gasteiger partial charge is 0.457 e. The van der Waals surface area contributed by atoms with Gasteiger partial charge in [0.05, 0.1) is 0 Å². The number of para-hydroxylation sites is 1. The minimum Gasteiger partial charge on any atom is -0.457 e. The third kappa shape index (κ3) is 6.51. The molecule has 2 aromatic carbocycles. The van der Waals surface area contributed by atoms with Crippen LogP contribution >= 0.6 is 11.9 Å². The third-order valence-corrected chi connectivity index (χ3v) is 6.64. The summed E-state index contributed by atoms with van der Waals surface area (Å²) in [6, 6.07) is 17.0. The molecule has 1 amide bonds. The van der Waals surface area contributed by atoms with E-state index in [1.165, 1.54) is 0 Å². The lowest BCUT2D eigenvalue weighted by Gasteiger charge is -2.42. The summed E-state index contributed by atoms with van der Waals surface area (Å²) in [4.78, 5) is 12.8. The van der Waals surface area contributed by atoms with Crippen molar-refractivity contribution < 1.29 is 9.53 Å². The highest BCUT2D eigenvalue weighted by Gasteiger charge is 2.35. The van der Waals surface area contributed by atoms with Gasteiger partial charge in [0.15, 0.2) is 0 Å². The number of piperidine rings is 1. The molecule has 1 saturated heterocycles. The third-order valence-electron chi connectivity index (χ3n) is 5.66. The van der Waals surface area contributed by atoms with E-state index in [2.05, 4.69) is 30.4 Å². The lowest BCUT2D eigenvalue weighted by atomic mass is 9.73. The summed E-state index contributed by atoms with van der Waals surface area (Å²) in [6.07, 6.45) is 3.44. The molecule has 0 spiro atoms. The Balaban J connectivity index is 1.57. The van der Waals surface area contributed by atoms with Gasteiger partial charge in [0.2, 0.25) is 0 Å². The fourth-order valence-electron chi connectivity index (χ4n) is 4.26. The van der Waals surface area contributed by atoms with Gasteiger partial charge in [0.1, 0.15) is 11.5 Å². The van der Waals surface area contributed by atoms with Crippen molar-refractivity contribution in [3.05, 3.63) is 60.2 Å². The van der Waals surface area contributed by atoms with Gasteiger partial charge in [-0.05, 0) is 67.0 Å². The predicted octanol–water partition coefficient (Wildman–Crippen LogP) is 6.01. The molecule has 0 atom stereocenters. The molecule has 1 heterocycles. The fourth-order valence-corrected chi connectivity index (χ4v) is 5.07. The van der Waals surface area contributed by atoms with Gasteiger partial charge in [-0.1, -0.05) is 50.9 Å². The van der Waals surface area contributed by atoms with Crippen LogP contribution in [0.15, 0.2) is 54.6 Å². The first-order valence-electron chi connectivity index (χ1n) is 11.0. The topological polar surface area (TPSA) is 41.6 Å². The van der Waals surface area contributed by atoms with Gasteiger partial charge in [0.25, 0.3) is 5.91 Å². The fraction of sp³-hybridized carbons (Fsp3) is 0.480. The summed E-state index contributed by atoms with van der Waals surface area (Å²) >= 11 is 1.93. The standard InChI is InChI=1S/C25H34N2O2S/c1-4-30-27-16-14-25(15-17-27,18-20(2)3)19-26-24(28)21-10-12-23(13-11-21)29-22-8-6-5-7-9-22/h5-13,20H,4,14-19H2,1-3H3,(H,26,28). The van der Waals surface area contributed by atoms with Crippen molar-refractivity contribution in [1.82, 2.24) is 9.62 Å². The van der Waals surface area contributed by atoms with Crippen LogP contribution in [-0.4, -0.2) is 35.6 Å². The second kappa shape index (κ2) is 10.9. The maximum atomic E-state index is 12.8. The molecule has 4 nitrogen and oxygen atoms in total. The minimum absolute atomic E-state index is 0.00486. The molecule has 0 bridgehead atoms. The molecule has 1 aliphatic rings. The molecule has 1 aliphatic heterocycles. The summed E-state index contributed by atoms with van der Waals surface area (Å²) < 4.78 is 8.30. The van der Waals surface area contributed by atoms with Crippen LogP contribution in [0.5, 0.6) is 11.5 Å². The predicted molar refractivity (Wildman–Crippen MR) is 126 cm³/mol. The number of nitrogens with zero attached hydrogens (tertiary/aromatic N) is 1. The zero-order chi connectivity index (χ0) is 21.4. The van der Waals surface area contributed by atoms with Crippen LogP contribution in [0.1, 0.15) is 50.4 Å². The molecular weight excluding hydrogens is 392 g/mol. The van der Waals surface area contributed by atoms with Gasteiger partial charge in [-0.3, -0.25) is 9.10 Å². The first kappa shape index (κ1) is 22.7. The molecule has 2 aromatic rings. The Labute approximate surface area is 185 Å². The Bertz CT molecular complexity index is 785. The normalized spacial score (nSPS) is 16.4. The summed E-state index contributed by atoms with van der Waals surface area (Å²) in [5.41, 5.74) is 0.874. The number of carbonyl (C=O) groups excluding carboxylic acids is 1. The average Bonchev–Trinajstić information content (AvgIpc) is 2.75. The molecule has 0 aliphatic carbocycles. The van der Waals surface area contributed by atoms with E-state index in [-0.39, 0.29) is 11.3 Å². The van der Waals surface area contributed by atoms with Crippen molar-refractivity contribution in [3.63, 3.8) is 0 Å². The lowest BCUT2D eigenvalue weighted by Crippen LogP contribution is -2.45. The second-order valence-electron chi connectivity index (χ2n) is 8.57. The average molecular weight is 427 g/mol. The number of nitrogens with one attached hydrogen (secondary N) is 1. The molecule has 0 saturated carbocycles. The van der Waals surface area contributed by atoms with E-state index >= 15 is 0 Å². The molecule has 5 heteroatoms. The van der Waals surface area contributed by atoms with Gasteiger partial charge in [-0.15, -0.1) is 0 Å². The Morgan fingerprint density at radius 3 is 2.30 bits per heavy atom. The lowest BCUT2D eigenvalue weighted by molar-refractivity contribution is 0.0864. The van der Waals surface area contributed by atoms with E-state index in [9.17, 15) is 4.79 Å². The van der Waals surface area contributed by atoms with E-state index in [4.69, 9.17) is 4.74 Å². The van der Waals surface area contributed by atoms with Crippen molar-refractivity contribution in [1.29, 1.82) is 0 Å². The van der Waals surface area contributed by atoms with Crippen molar-refractivity contribution in [2.45, 2.75) is 40.0 Å². The van der Waals surface area contributed by atoms with Gasteiger partial charge in [-0.25, -0.2) is 0 Å². The summed E-state index contributed by atoms with van der Waals surface area (Å²) in [5, 5.41) is 3.23. The van der Waals surface area contributed by atoms with E-state index in [0.29, 0.717) is 11.5 Å². The van der Waals surface area contributed by atoms with Crippen molar-refractivity contribution in [2.75, 3.05) is 25.4 Å². The summed E-state index contributed by atoms with van der Waals surface area (Å²) in [7, 11) is 0. The molecule has 0 aromatic heterocycles. The monoisotopic (exact) mass is 426 g/mol. The second-order valence-corrected chi connectivity index (χ2v) is 9.92. The number of ether oxygens (including phenoxy) is 1. The van der Waals surface area contributed by atoms with Crippen LogP contribution < -0.4 is 10.1 Å². The molecule has 1 N–H and O–H groups in total. The molecule has 162 valence electrons. The quantitative estimate of drug-likeness (QED) is 0.499. The Hall–Kier alpha value is -1.98. The van der Waals surface area contributed by atoms with Gasteiger partial charge < -0.3 is 10.1 Å². The van der Waals surface area contributed by atoms with Gasteiger partial charge in [-0.2, -0.15) is 0 Å². The Morgan fingerprint density at radius 2 is 1.70 bits per heavy atom. The van der Waals surface area contributed by atoms with E-state index in [1.807, 2.05) is 66.5 Å². The number of hydrogen-bond acceptors (Lipinski definition) is 4. The number of rotatable bonds is 9. The van der Waals surface area contributed by atoms with E-state index in [0.717, 1.165) is 56.1 Å². The highest BCUT2D eigenvalue weighted by atomic mass is 32.2. The van der Waals surface area contributed by atoms with Gasteiger partial charge in [0, 0.05) is 31.0 Å². The number of benzene rings is 2. The van der Waals surface area contributed by atoms with Crippen molar-refractivity contribution in [2.24, 2.45) is 11.3 Å². The van der Waals surface area contributed by atoms with Crippen LogP contribution in [0.3, 0.4) is 0 Å². The molecule has 1 fully saturated rings. The van der Waals surface area contributed by atoms with E-state index in [1.54, 1.807) is 0 Å². The number of hydrogen-bond donors (Lipinski definition) is 1. The maximum Gasteiger partial charge on any atom is 0.251 e. The van der Waals surface area contributed by atoms with Crippen LogP contribution in [0.25, 0.3) is 0 Å². The van der Waals surface area contributed by atoms with Crippen molar-refractivity contribution >= 4 is 17.9 Å². The smallest absolute Gasteiger partial charge is 0.251 e. The first-order chi connectivity index (χ1) is 14.5. The molecule has 3 rings (SSSR count). The zero-order valence-electron chi connectivity index (χ0n) is 18.4. The van der Waals surface area contributed by atoms with E-state index < -0.39 is 0 Å². The summed E-state index contributed by atoms with van der Waals surface area (Å²) in [5.74, 6) is 3.27. The molecule has 0 unspecified atom stereocenters. The number of carbonyl (C=O) groups is 1. The molecule has 0 radical (unpaired) electrons. The highest BCUT2D eigenvalue weighted by molar-refractivity contribution is 7.96.